The smallest absolute Gasteiger partial charge is 0.335 e. The first-order valence-electron chi connectivity index (χ1n) is 12.2. The lowest BCUT2D eigenvalue weighted by Crippen LogP contribution is -2.43. The van der Waals surface area contributed by atoms with Crippen LogP contribution in [0.2, 0.25) is 0 Å². The van der Waals surface area contributed by atoms with Gasteiger partial charge in [0, 0.05) is 38.0 Å². The minimum Gasteiger partial charge on any atom is -0.380 e. The van der Waals surface area contributed by atoms with Gasteiger partial charge in [0.1, 0.15) is 5.78 Å². The van der Waals surface area contributed by atoms with Crippen molar-refractivity contribution >= 4 is 35.3 Å². The third-order valence-electron chi connectivity index (χ3n) is 5.73. The molecule has 198 valence electrons. The highest BCUT2D eigenvalue weighted by Gasteiger charge is 2.32. The van der Waals surface area contributed by atoms with Gasteiger partial charge in [-0.1, -0.05) is 34.6 Å². The molecule has 1 rings (SSSR count). The average Bonchev–Trinajstić information content (AvgIpc) is 3.06. The second-order valence-electron chi connectivity index (χ2n) is 10.5. The van der Waals surface area contributed by atoms with Crippen molar-refractivity contribution in [3.05, 3.63) is 0 Å². The van der Waals surface area contributed by atoms with Gasteiger partial charge in [-0.25, -0.2) is 4.79 Å². The van der Waals surface area contributed by atoms with Crippen molar-refractivity contribution in [2.75, 3.05) is 13.2 Å². The molecule has 0 unspecified atom stereocenters. The van der Waals surface area contributed by atoms with Crippen LogP contribution in [0.1, 0.15) is 86.5 Å². The fourth-order valence-corrected chi connectivity index (χ4v) is 3.34. The zero-order valence-electron chi connectivity index (χ0n) is 21.8. The van der Waals surface area contributed by atoms with Crippen molar-refractivity contribution < 1.29 is 38.3 Å². The third-order valence-corrected chi connectivity index (χ3v) is 5.73. The highest BCUT2D eigenvalue weighted by molar-refractivity contribution is 6.01. The Morgan fingerprint density at radius 3 is 2.06 bits per heavy atom. The second kappa shape index (κ2) is 14.1. The summed E-state index contributed by atoms with van der Waals surface area (Å²) in [6.45, 7) is 11.5. The van der Waals surface area contributed by atoms with Crippen LogP contribution >= 0.6 is 0 Å². The molecule has 0 aromatic rings. The van der Waals surface area contributed by atoms with Crippen LogP contribution in [0.4, 0.5) is 0 Å². The van der Waals surface area contributed by atoms with Gasteiger partial charge in [0.2, 0.25) is 5.91 Å². The first-order valence-corrected chi connectivity index (χ1v) is 12.2. The van der Waals surface area contributed by atoms with Crippen LogP contribution in [0.5, 0.6) is 0 Å². The average molecular weight is 497 g/mol. The zero-order valence-corrected chi connectivity index (χ0v) is 21.8. The van der Waals surface area contributed by atoms with Crippen LogP contribution in [-0.4, -0.2) is 59.6 Å². The summed E-state index contributed by atoms with van der Waals surface area (Å²) in [6, 6.07) is -0.615. The highest BCUT2D eigenvalue weighted by Crippen LogP contribution is 2.21. The van der Waals surface area contributed by atoms with Gasteiger partial charge < -0.3 is 14.9 Å². The molecule has 0 saturated carbocycles. The third kappa shape index (κ3) is 11.6. The Hall–Kier alpha value is -2.62. The maximum absolute atomic E-state index is 12.7. The number of carbonyl (C=O) groups is 6. The molecule has 1 aliphatic heterocycles. The van der Waals surface area contributed by atoms with Crippen LogP contribution < -0.4 is 5.32 Å². The number of amides is 3. The molecule has 0 radical (unpaired) electrons. The van der Waals surface area contributed by atoms with Gasteiger partial charge in [0.05, 0.1) is 25.7 Å². The van der Waals surface area contributed by atoms with Crippen LogP contribution in [0, 0.1) is 17.3 Å². The van der Waals surface area contributed by atoms with Crippen molar-refractivity contribution in [3.63, 3.8) is 0 Å². The van der Waals surface area contributed by atoms with E-state index in [-0.39, 0.29) is 74.1 Å². The fourth-order valence-electron chi connectivity index (χ4n) is 3.34. The van der Waals surface area contributed by atoms with Gasteiger partial charge in [-0.2, -0.15) is 0 Å². The van der Waals surface area contributed by atoms with Gasteiger partial charge in [-0.05, 0) is 24.7 Å². The predicted molar refractivity (Wildman–Crippen MR) is 126 cm³/mol. The maximum Gasteiger partial charge on any atom is 0.335 e. The van der Waals surface area contributed by atoms with Gasteiger partial charge in [0.15, 0.2) is 5.78 Å². The van der Waals surface area contributed by atoms with E-state index in [1.807, 2.05) is 13.8 Å². The summed E-state index contributed by atoms with van der Waals surface area (Å²) in [7, 11) is 0. The largest absolute Gasteiger partial charge is 0.380 e. The second-order valence-corrected chi connectivity index (χ2v) is 10.5. The molecule has 2 atom stereocenters. The molecule has 0 bridgehead atoms. The molecule has 1 fully saturated rings. The topological polar surface area (TPSA) is 136 Å². The van der Waals surface area contributed by atoms with Crippen molar-refractivity contribution in [2.24, 2.45) is 17.3 Å². The fraction of sp³-hybridized carbons (Fsp3) is 0.760. The monoisotopic (exact) mass is 496 g/mol. The predicted octanol–water partition coefficient (Wildman–Crippen LogP) is 2.52. The van der Waals surface area contributed by atoms with E-state index in [2.05, 4.69) is 26.1 Å². The van der Waals surface area contributed by atoms with E-state index in [9.17, 15) is 28.8 Å². The summed E-state index contributed by atoms with van der Waals surface area (Å²) in [4.78, 5) is 76.8. The lowest BCUT2D eigenvalue weighted by atomic mass is 9.87. The number of nitrogens with one attached hydrogen (secondary N) is 1. The normalized spacial score (nSPS) is 15.8. The summed E-state index contributed by atoms with van der Waals surface area (Å²) < 4.78 is 5.29. The summed E-state index contributed by atoms with van der Waals surface area (Å²) in [6.07, 6.45) is 1.06. The molecule has 0 spiro atoms. The molecule has 35 heavy (non-hydrogen) atoms. The maximum atomic E-state index is 12.7. The molecular formula is C25H40N2O8. The van der Waals surface area contributed by atoms with Gasteiger partial charge in [0.25, 0.3) is 11.8 Å². The molecule has 3 amide bonds. The van der Waals surface area contributed by atoms with E-state index in [4.69, 9.17) is 9.57 Å². The van der Waals surface area contributed by atoms with Crippen LogP contribution in [-0.2, 0) is 38.3 Å². The Labute approximate surface area is 207 Å². The summed E-state index contributed by atoms with van der Waals surface area (Å²) in [5, 5.41) is 3.23. The molecular weight excluding hydrogens is 456 g/mol. The molecule has 0 aliphatic carbocycles. The Morgan fingerprint density at radius 2 is 1.51 bits per heavy atom. The quantitative estimate of drug-likeness (QED) is 0.270. The van der Waals surface area contributed by atoms with E-state index in [0.717, 1.165) is 6.42 Å². The lowest BCUT2D eigenvalue weighted by molar-refractivity contribution is -0.198. The zero-order chi connectivity index (χ0) is 26.8. The highest BCUT2D eigenvalue weighted by atomic mass is 16.7. The minimum absolute atomic E-state index is 0.0204. The summed E-state index contributed by atoms with van der Waals surface area (Å²) in [5.41, 5.74) is 0.0284. The first-order chi connectivity index (χ1) is 16.2. The Balaban J connectivity index is 2.36. The molecule has 10 nitrogen and oxygen atoms in total. The standard InChI is InChI=1S/C25H40N2O8/c1-16(2)19(24(33)26-17(3)20(29)9-12-25(4,5)6)15-18(28)10-13-34-14-11-23(32)35-27-21(30)7-8-22(27)31/h16-17,19H,7-15H2,1-6H3,(H,26,33)/t17-,19-/m0/s1. The number of hydrogen-bond donors (Lipinski definition) is 1. The summed E-state index contributed by atoms with van der Waals surface area (Å²) >= 11 is 0. The first kappa shape index (κ1) is 30.4. The van der Waals surface area contributed by atoms with E-state index >= 15 is 0 Å². The Kier molecular flexibility index (Phi) is 12.2. The number of ketones is 2. The van der Waals surface area contributed by atoms with E-state index in [1.165, 1.54) is 0 Å². The summed E-state index contributed by atoms with van der Waals surface area (Å²) in [5.74, 6) is -3.06. The number of carbonyl (C=O) groups excluding carboxylic acids is 6. The number of nitrogens with zero attached hydrogens (tertiary/aromatic N) is 1. The Bertz CT molecular complexity index is 784. The SMILES string of the molecule is CC(C)[C@H](CC(=O)CCOCCC(=O)ON1C(=O)CCC1=O)C(=O)N[C@@H](C)C(=O)CCC(C)(C)C. The Morgan fingerprint density at radius 1 is 0.943 bits per heavy atom. The van der Waals surface area contributed by atoms with Crippen molar-refractivity contribution in [3.8, 4) is 0 Å². The van der Waals surface area contributed by atoms with Gasteiger partial charge in [-0.3, -0.25) is 24.0 Å². The van der Waals surface area contributed by atoms with Crippen LogP contribution in [0.3, 0.4) is 0 Å². The van der Waals surface area contributed by atoms with E-state index in [1.54, 1.807) is 6.92 Å². The van der Waals surface area contributed by atoms with Crippen molar-refractivity contribution in [2.45, 2.75) is 92.5 Å². The van der Waals surface area contributed by atoms with Gasteiger partial charge in [-0.15, -0.1) is 5.06 Å². The molecule has 1 aliphatic rings. The number of hydroxylamine groups is 2. The lowest BCUT2D eigenvalue weighted by Gasteiger charge is -2.23. The van der Waals surface area contributed by atoms with Crippen molar-refractivity contribution in [1.29, 1.82) is 0 Å². The molecule has 1 saturated heterocycles. The molecule has 10 heteroatoms. The van der Waals surface area contributed by atoms with Gasteiger partial charge >= 0.3 is 5.97 Å². The number of ether oxygens (including phenoxy) is 1. The number of rotatable bonds is 15. The molecule has 1 heterocycles. The number of hydrogen-bond acceptors (Lipinski definition) is 8. The van der Waals surface area contributed by atoms with Crippen molar-refractivity contribution in [1.82, 2.24) is 10.4 Å². The molecule has 0 aromatic heterocycles. The van der Waals surface area contributed by atoms with E-state index < -0.39 is 29.7 Å². The molecule has 1 N–H and O–H groups in total. The number of Topliss-reactive ketones (excluding diaryl/α,β-unsaturated/α-hetero) is 2. The van der Waals surface area contributed by atoms with E-state index in [0.29, 0.717) is 11.5 Å². The number of imide groups is 1. The van der Waals surface area contributed by atoms with Crippen LogP contribution in [0.25, 0.3) is 0 Å². The van der Waals surface area contributed by atoms with Crippen LogP contribution in [0.15, 0.2) is 0 Å². The molecule has 0 aromatic carbocycles. The minimum atomic E-state index is -0.775.